The Morgan fingerprint density at radius 2 is 1.93 bits per heavy atom. The minimum atomic E-state index is -4.39. The van der Waals surface area contributed by atoms with E-state index in [1.165, 1.54) is 6.08 Å². The molecule has 0 fully saturated rings. The van der Waals surface area contributed by atoms with Crippen LogP contribution in [-0.4, -0.2) is 13.0 Å². The highest BCUT2D eigenvalue weighted by Gasteiger charge is 2.41. The van der Waals surface area contributed by atoms with Crippen LogP contribution >= 0.6 is 11.6 Å². The van der Waals surface area contributed by atoms with Gasteiger partial charge in [-0.05, 0) is 5.56 Å². The molecule has 82 valence electrons. The normalized spacial score (nSPS) is 15.6. The average Bonchev–Trinajstić information content (AvgIpc) is 2.18. The lowest BCUT2D eigenvalue weighted by molar-refractivity contribution is 0.460. The van der Waals surface area contributed by atoms with Crippen molar-refractivity contribution in [3.63, 3.8) is 0 Å². The Hall–Kier alpha value is -0.840. The van der Waals surface area contributed by atoms with Crippen LogP contribution in [0.5, 0.6) is 0 Å². The smallest absolute Gasteiger partial charge is 0.284 e. The van der Waals surface area contributed by atoms with Crippen LogP contribution in [0.3, 0.4) is 0 Å². The van der Waals surface area contributed by atoms with E-state index in [1.54, 1.807) is 30.3 Å². The average molecular weight is 247 g/mol. The van der Waals surface area contributed by atoms with Gasteiger partial charge < -0.3 is 0 Å². The number of allylic oxidation sites excluding steroid dienone is 1. The quantitative estimate of drug-likeness (QED) is 0.505. The first-order valence-electron chi connectivity index (χ1n) is 4.24. The first-order chi connectivity index (χ1) is 6.92. The van der Waals surface area contributed by atoms with E-state index in [-0.39, 0.29) is 6.42 Å². The molecule has 0 aliphatic rings. The number of rotatable bonds is 4. The Morgan fingerprint density at radius 3 is 2.33 bits per heavy atom. The molecule has 0 aliphatic heterocycles. The largest absolute Gasteiger partial charge is 0.289 e. The molecule has 1 atom stereocenters. The maximum atomic E-state index is 11.2. The Kier molecular flexibility index (Phi) is 3.54. The predicted octanol–water partition coefficient (Wildman–Crippen LogP) is 2.54. The summed E-state index contributed by atoms with van der Waals surface area (Å²) in [6.07, 6.45) is 1.30. The monoisotopic (exact) mass is 246 g/mol. The van der Waals surface area contributed by atoms with Gasteiger partial charge in [0, 0.05) is 6.42 Å². The van der Waals surface area contributed by atoms with Crippen molar-refractivity contribution in [1.82, 2.24) is 0 Å². The summed E-state index contributed by atoms with van der Waals surface area (Å²) in [7, 11) is -4.39. The molecule has 5 heteroatoms. The first kappa shape index (κ1) is 12.2. The minimum absolute atomic E-state index is 0.0581. The number of hydrogen-bond acceptors (Lipinski definition) is 2. The summed E-state index contributed by atoms with van der Waals surface area (Å²) in [5.74, 6) is 0. The summed E-state index contributed by atoms with van der Waals surface area (Å²) >= 11 is 5.93. The van der Waals surface area contributed by atoms with Crippen molar-refractivity contribution in [2.45, 2.75) is 10.6 Å². The molecule has 0 radical (unpaired) electrons. The van der Waals surface area contributed by atoms with Gasteiger partial charge >= 0.3 is 0 Å². The molecule has 0 aromatic heterocycles. The van der Waals surface area contributed by atoms with Gasteiger partial charge in [0.1, 0.15) is 0 Å². The van der Waals surface area contributed by atoms with Crippen LogP contribution in [0.25, 0.3) is 0 Å². The van der Waals surface area contributed by atoms with E-state index >= 15 is 0 Å². The van der Waals surface area contributed by atoms with Gasteiger partial charge in [0.25, 0.3) is 10.1 Å². The molecule has 0 bridgehead atoms. The van der Waals surface area contributed by atoms with Gasteiger partial charge in [-0.25, -0.2) is 0 Å². The van der Waals surface area contributed by atoms with E-state index < -0.39 is 14.3 Å². The van der Waals surface area contributed by atoms with Crippen LogP contribution in [0.4, 0.5) is 0 Å². The number of alkyl halides is 1. The van der Waals surface area contributed by atoms with Crippen molar-refractivity contribution in [3.8, 4) is 0 Å². The second-order valence-corrected chi connectivity index (χ2v) is 5.58. The van der Waals surface area contributed by atoms with Crippen LogP contribution in [-0.2, 0) is 14.3 Å². The maximum absolute atomic E-state index is 11.2. The SMILES string of the molecule is C=CCC(Cl)(c1ccccc1)S(=O)(=O)O. The van der Waals surface area contributed by atoms with Gasteiger partial charge in [-0.15, -0.1) is 6.58 Å². The fourth-order valence-electron chi connectivity index (χ4n) is 1.24. The Bertz CT molecular complexity index is 441. The van der Waals surface area contributed by atoms with Crippen molar-refractivity contribution in [2.24, 2.45) is 0 Å². The van der Waals surface area contributed by atoms with E-state index in [1.807, 2.05) is 0 Å². The van der Waals surface area contributed by atoms with Crippen molar-refractivity contribution in [2.75, 3.05) is 0 Å². The Labute approximate surface area is 94.1 Å². The van der Waals surface area contributed by atoms with Crippen LogP contribution < -0.4 is 0 Å². The molecule has 0 heterocycles. The summed E-state index contributed by atoms with van der Waals surface area (Å²) in [6.45, 7) is 3.42. The van der Waals surface area contributed by atoms with E-state index in [4.69, 9.17) is 16.2 Å². The molecule has 1 aromatic rings. The Balaban J connectivity index is 3.31. The molecule has 0 aliphatic carbocycles. The zero-order valence-corrected chi connectivity index (χ0v) is 9.50. The molecule has 0 saturated heterocycles. The number of hydrogen-bond donors (Lipinski definition) is 1. The topological polar surface area (TPSA) is 54.4 Å². The van der Waals surface area contributed by atoms with Crippen LogP contribution in [0, 0.1) is 0 Å². The fraction of sp³-hybridized carbons (Fsp3) is 0.200. The van der Waals surface area contributed by atoms with E-state index in [0.29, 0.717) is 5.56 Å². The molecule has 0 amide bonds. The summed E-state index contributed by atoms with van der Waals surface area (Å²) in [4.78, 5) is 0. The van der Waals surface area contributed by atoms with Crippen molar-refractivity contribution in [3.05, 3.63) is 48.6 Å². The van der Waals surface area contributed by atoms with Gasteiger partial charge in [0.15, 0.2) is 4.21 Å². The van der Waals surface area contributed by atoms with Crippen LogP contribution in [0.15, 0.2) is 43.0 Å². The molecule has 3 nitrogen and oxygen atoms in total. The van der Waals surface area contributed by atoms with Gasteiger partial charge in [0.2, 0.25) is 0 Å². The zero-order valence-electron chi connectivity index (χ0n) is 7.93. The van der Waals surface area contributed by atoms with Crippen LogP contribution in [0.1, 0.15) is 12.0 Å². The minimum Gasteiger partial charge on any atom is -0.284 e. The summed E-state index contributed by atoms with van der Waals surface area (Å²) in [5.41, 5.74) is 0.328. The second kappa shape index (κ2) is 4.35. The number of halogens is 1. The van der Waals surface area contributed by atoms with Gasteiger partial charge in [-0.1, -0.05) is 48.0 Å². The highest BCUT2D eigenvalue weighted by molar-refractivity contribution is 7.88. The van der Waals surface area contributed by atoms with Gasteiger partial charge in [-0.3, -0.25) is 4.55 Å². The number of benzene rings is 1. The van der Waals surface area contributed by atoms with Crippen molar-refractivity contribution in [1.29, 1.82) is 0 Å². The second-order valence-electron chi connectivity index (χ2n) is 3.06. The molecule has 1 unspecified atom stereocenters. The third-order valence-corrected chi connectivity index (χ3v) is 4.20. The van der Waals surface area contributed by atoms with E-state index in [2.05, 4.69) is 6.58 Å². The third-order valence-electron chi connectivity index (χ3n) is 2.02. The summed E-state index contributed by atoms with van der Waals surface area (Å²) < 4.78 is 29.7. The van der Waals surface area contributed by atoms with Crippen LogP contribution in [0.2, 0.25) is 0 Å². The first-order valence-corrected chi connectivity index (χ1v) is 6.06. The van der Waals surface area contributed by atoms with Gasteiger partial charge in [-0.2, -0.15) is 8.42 Å². The molecular formula is C10H11ClO3S. The predicted molar refractivity (Wildman–Crippen MR) is 60.3 cm³/mol. The molecular weight excluding hydrogens is 236 g/mol. The highest BCUT2D eigenvalue weighted by atomic mass is 35.5. The molecule has 0 saturated carbocycles. The fourth-order valence-corrected chi connectivity index (χ4v) is 2.24. The van der Waals surface area contributed by atoms with E-state index in [9.17, 15) is 8.42 Å². The summed E-state index contributed by atoms with van der Waals surface area (Å²) in [6, 6.07) is 8.13. The lowest BCUT2D eigenvalue weighted by atomic mass is 10.1. The van der Waals surface area contributed by atoms with E-state index in [0.717, 1.165) is 0 Å². The maximum Gasteiger partial charge on any atom is 0.289 e. The molecule has 1 rings (SSSR count). The molecule has 1 N–H and O–H groups in total. The highest BCUT2D eigenvalue weighted by Crippen LogP contribution is 2.37. The third kappa shape index (κ3) is 2.40. The van der Waals surface area contributed by atoms with Crippen molar-refractivity contribution >= 4 is 21.7 Å². The summed E-state index contributed by atoms with van der Waals surface area (Å²) in [5, 5.41) is 0. The van der Waals surface area contributed by atoms with Crippen molar-refractivity contribution < 1.29 is 13.0 Å². The zero-order chi connectivity index (χ0) is 11.5. The molecule has 15 heavy (non-hydrogen) atoms. The molecule has 0 spiro atoms. The van der Waals surface area contributed by atoms with Gasteiger partial charge in [0.05, 0.1) is 0 Å². The standard InChI is InChI=1S/C10H11ClO3S/c1-2-8-10(11,15(12,13)14)9-6-4-3-5-7-9/h2-7H,1,8H2,(H,12,13,14). The molecule has 1 aromatic carbocycles. The Morgan fingerprint density at radius 1 is 1.40 bits per heavy atom. The lowest BCUT2D eigenvalue weighted by Crippen LogP contribution is -2.28. The lowest BCUT2D eigenvalue weighted by Gasteiger charge is -2.22.